The first-order valence-corrected chi connectivity index (χ1v) is 6.95. The molecular formula is C17H11NO6. The molecule has 0 amide bonds. The second kappa shape index (κ2) is 5.96. The highest BCUT2D eigenvalue weighted by molar-refractivity contribution is 6.14. The molecule has 3 rings (SSSR count). The Morgan fingerprint density at radius 3 is 2.75 bits per heavy atom. The lowest BCUT2D eigenvalue weighted by molar-refractivity contribution is -0.384. The first-order chi connectivity index (χ1) is 11.4. The number of hydrogen-bond acceptors (Lipinski definition) is 6. The molecule has 2 aromatic carbocycles. The predicted octanol–water partition coefficient (Wildman–Crippen LogP) is 3.14. The van der Waals surface area contributed by atoms with Gasteiger partial charge in [-0.05, 0) is 23.8 Å². The molecule has 0 saturated heterocycles. The number of ketones is 1. The van der Waals surface area contributed by atoms with Crippen molar-refractivity contribution in [2.75, 3.05) is 0 Å². The highest BCUT2D eigenvalue weighted by Crippen LogP contribution is 2.35. The van der Waals surface area contributed by atoms with E-state index in [1.165, 1.54) is 49.4 Å². The number of hydrogen-bond donors (Lipinski definition) is 0. The standard InChI is InChI=1S/C17H11NO6/c1-10(19)23-13-5-6-14-15(9-13)24-16(17(14)20)8-11-3-2-4-12(7-11)18(21)22/h2-9H,1H3/b16-8-. The molecule has 7 heteroatoms. The van der Waals surface area contributed by atoms with Crippen molar-refractivity contribution in [2.24, 2.45) is 0 Å². The largest absolute Gasteiger partial charge is 0.452 e. The fraction of sp³-hybridized carbons (Fsp3) is 0.0588. The van der Waals surface area contributed by atoms with E-state index >= 15 is 0 Å². The number of Topliss-reactive ketones (excluding diaryl/α,β-unsaturated/α-hetero) is 1. The van der Waals surface area contributed by atoms with Crippen LogP contribution < -0.4 is 9.47 Å². The number of allylic oxidation sites excluding steroid dienone is 1. The maximum Gasteiger partial charge on any atom is 0.308 e. The van der Waals surface area contributed by atoms with E-state index in [4.69, 9.17) is 9.47 Å². The number of rotatable bonds is 3. The molecule has 0 aliphatic carbocycles. The lowest BCUT2D eigenvalue weighted by Gasteiger charge is -2.02. The molecule has 24 heavy (non-hydrogen) atoms. The van der Waals surface area contributed by atoms with Gasteiger partial charge in [0.15, 0.2) is 5.76 Å². The van der Waals surface area contributed by atoms with Gasteiger partial charge in [-0.25, -0.2) is 0 Å². The number of esters is 1. The molecule has 0 N–H and O–H groups in total. The molecule has 0 aromatic heterocycles. The Morgan fingerprint density at radius 1 is 1.25 bits per heavy atom. The first kappa shape index (κ1) is 15.4. The predicted molar refractivity (Wildman–Crippen MR) is 83.8 cm³/mol. The third-order valence-electron chi connectivity index (χ3n) is 3.28. The Bertz CT molecular complexity index is 900. The van der Waals surface area contributed by atoms with E-state index in [-0.39, 0.29) is 28.7 Å². The van der Waals surface area contributed by atoms with Crippen molar-refractivity contribution in [2.45, 2.75) is 6.92 Å². The van der Waals surface area contributed by atoms with Gasteiger partial charge in [0.2, 0.25) is 5.78 Å². The minimum atomic E-state index is -0.514. The van der Waals surface area contributed by atoms with Gasteiger partial charge in [-0.2, -0.15) is 0 Å². The van der Waals surface area contributed by atoms with Crippen LogP contribution in [0.1, 0.15) is 22.8 Å². The third-order valence-corrected chi connectivity index (χ3v) is 3.28. The van der Waals surface area contributed by atoms with Crippen molar-refractivity contribution < 1.29 is 24.0 Å². The maximum absolute atomic E-state index is 12.3. The van der Waals surface area contributed by atoms with E-state index in [0.717, 1.165) is 0 Å². The van der Waals surface area contributed by atoms with Crippen LogP contribution in [0.5, 0.6) is 11.5 Å². The molecule has 0 unspecified atom stereocenters. The number of fused-ring (bicyclic) bond motifs is 1. The molecule has 7 nitrogen and oxygen atoms in total. The normalized spacial score (nSPS) is 14.2. The van der Waals surface area contributed by atoms with Gasteiger partial charge in [0.1, 0.15) is 11.5 Å². The summed E-state index contributed by atoms with van der Waals surface area (Å²) in [7, 11) is 0. The van der Waals surface area contributed by atoms with Crippen LogP contribution in [-0.4, -0.2) is 16.7 Å². The summed E-state index contributed by atoms with van der Waals surface area (Å²) in [6.45, 7) is 1.27. The zero-order valence-corrected chi connectivity index (χ0v) is 12.5. The van der Waals surface area contributed by atoms with E-state index in [0.29, 0.717) is 11.1 Å². The van der Waals surface area contributed by atoms with Crippen LogP contribution >= 0.6 is 0 Å². The van der Waals surface area contributed by atoms with Gasteiger partial charge in [-0.15, -0.1) is 0 Å². The summed E-state index contributed by atoms with van der Waals surface area (Å²) in [5.41, 5.74) is 0.729. The quantitative estimate of drug-likeness (QED) is 0.283. The monoisotopic (exact) mass is 325 g/mol. The molecule has 0 saturated carbocycles. The summed E-state index contributed by atoms with van der Waals surface area (Å²) in [4.78, 5) is 33.6. The highest BCUT2D eigenvalue weighted by Gasteiger charge is 2.28. The number of nitro groups is 1. The van der Waals surface area contributed by atoms with Crippen molar-refractivity contribution in [1.82, 2.24) is 0 Å². The van der Waals surface area contributed by atoms with Gasteiger partial charge in [0.05, 0.1) is 10.5 Å². The number of nitro benzene ring substituents is 1. The van der Waals surface area contributed by atoms with Crippen molar-refractivity contribution >= 4 is 23.5 Å². The maximum atomic E-state index is 12.3. The zero-order valence-electron chi connectivity index (χ0n) is 12.5. The Morgan fingerprint density at radius 2 is 2.04 bits per heavy atom. The smallest absolute Gasteiger partial charge is 0.308 e. The van der Waals surface area contributed by atoms with Crippen LogP contribution in [0.3, 0.4) is 0 Å². The number of carbonyl (C=O) groups excluding carboxylic acids is 2. The Labute approximate surface area is 136 Å². The van der Waals surface area contributed by atoms with Gasteiger partial charge in [0.25, 0.3) is 5.69 Å². The van der Waals surface area contributed by atoms with Crippen LogP contribution in [0, 0.1) is 10.1 Å². The molecule has 1 aliphatic rings. The first-order valence-electron chi connectivity index (χ1n) is 6.95. The lowest BCUT2D eigenvalue weighted by Crippen LogP contribution is -2.01. The van der Waals surface area contributed by atoms with Crippen molar-refractivity contribution in [3.63, 3.8) is 0 Å². The van der Waals surface area contributed by atoms with E-state index < -0.39 is 10.9 Å². The topological polar surface area (TPSA) is 95.7 Å². The number of benzene rings is 2. The highest BCUT2D eigenvalue weighted by atomic mass is 16.6. The zero-order chi connectivity index (χ0) is 17.3. The average Bonchev–Trinajstić information content (AvgIpc) is 2.82. The van der Waals surface area contributed by atoms with E-state index in [2.05, 4.69) is 0 Å². The number of carbonyl (C=O) groups is 2. The summed E-state index contributed by atoms with van der Waals surface area (Å²) < 4.78 is 10.4. The number of nitrogens with zero attached hydrogens (tertiary/aromatic N) is 1. The van der Waals surface area contributed by atoms with Crippen LogP contribution in [0.2, 0.25) is 0 Å². The fourth-order valence-electron chi connectivity index (χ4n) is 2.28. The van der Waals surface area contributed by atoms with Crippen LogP contribution in [0.25, 0.3) is 6.08 Å². The van der Waals surface area contributed by atoms with Crippen LogP contribution in [0.4, 0.5) is 5.69 Å². The molecule has 1 heterocycles. The summed E-state index contributed by atoms with van der Waals surface area (Å²) >= 11 is 0. The van der Waals surface area contributed by atoms with Gasteiger partial charge in [-0.3, -0.25) is 19.7 Å². The van der Waals surface area contributed by atoms with E-state index in [9.17, 15) is 19.7 Å². The van der Waals surface area contributed by atoms with Crippen LogP contribution in [0.15, 0.2) is 48.2 Å². The average molecular weight is 325 g/mol. The molecule has 0 atom stereocenters. The summed E-state index contributed by atoms with van der Waals surface area (Å²) in [6, 6.07) is 10.3. The van der Waals surface area contributed by atoms with E-state index in [1.54, 1.807) is 6.07 Å². The van der Waals surface area contributed by atoms with Gasteiger partial charge < -0.3 is 9.47 Å². The summed E-state index contributed by atoms with van der Waals surface area (Å²) in [5.74, 6) is -0.232. The van der Waals surface area contributed by atoms with Crippen molar-refractivity contribution in [3.05, 3.63) is 69.5 Å². The lowest BCUT2D eigenvalue weighted by atomic mass is 10.1. The second-order valence-corrected chi connectivity index (χ2v) is 5.04. The molecule has 0 radical (unpaired) electrons. The Kier molecular flexibility index (Phi) is 3.83. The minimum absolute atomic E-state index is 0.0467. The van der Waals surface area contributed by atoms with Crippen molar-refractivity contribution in [3.8, 4) is 11.5 Å². The number of ether oxygens (including phenoxy) is 2. The fourth-order valence-corrected chi connectivity index (χ4v) is 2.28. The molecular weight excluding hydrogens is 314 g/mol. The molecule has 1 aliphatic heterocycles. The van der Waals surface area contributed by atoms with Gasteiger partial charge in [0, 0.05) is 25.1 Å². The molecule has 2 aromatic rings. The summed E-state index contributed by atoms with van der Waals surface area (Å²) in [6.07, 6.45) is 1.43. The van der Waals surface area contributed by atoms with Crippen LogP contribution in [-0.2, 0) is 4.79 Å². The minimum Gasteiger partial charge on any atom is -0.452 e. The molecule has 0 bridgehead atoms. The SMILES string of the molecule is CC(=O)Oc1ccc2c(c1)O/C(=C\c1cccc([N+](=O)[O-])c1)C2=O. The van der Waals surface area contributed by atoms with Crippen molar-refractivity contribution in [1.29, 1.82) is 0 Å². The van der Waals surface area contributed by atoms with Gasteiger partial charge >= 0.3 is 5.97 Å². The molecule has 0 fully saturated rings. The number of non-ortho nitro benzene ring substituents is 1. The Balaban J connectivity index is 1.91. The van der Waals surface area contributed by atoms with Gasteiger partial charge in [-0.1, -0.05) is 12.1 Å². The third kappa shape index (κ3) is 3.00. The summed E-state index contributed by atoms with van der Waals surface area (Å²) in [5, 5.41) is 10.8. The Hall–Kier alpha value is -3.48. The second-order valence-electron chi connectivity index (χ2n) is 5.04. The van der Waals surface area contributed by atoms with E-state index in [1.807, 2.05) is 0 Å². The molecule has 0 spiro atoms. The molecule has 120 valence electrons.